The van der Waals surface area contributed by atoms with Crippen molar-refractivity contribution >= 4 is 35.0 Å². The van der Waals surface area contributed by atoms with Crippen LogP contribution in [0.15, 0.2) is 24.3 Å². The number of aromatic nitrogens is 2. The normalized spacial score (nSPS) is 12.0. The molecule has 2 amide bonds. The third-order valence-corrected chi connectivity index (χ3v) is 4.34. The van der Waals surface area contributed by atoms with Crippen molar-refractivity contribution in [2.75, 3.05) is 35.3 Å². The van der Waals surface area contributed by atoms with Gasteiger partial charge in [0.25, 0.3) is 0 Å². The van der Waals surface area contributed by atoms with Crippen LogP contribution in [-0.2, 0) is 15.8 Å². The maximum Gasteiger partial charge on any atom is 0.416 e. The van der Waals surface area contributed by atoms with Crippen LogP contribution < -0.4 is 32.2 Å². The molecule has 10 nitrogen and oxygen atoms in total. The molecule has 0 aliphatic carbocycles. The maximum atomic E-state index is 13.0. The summed E-state index contributed by atoms with van der Waals surface area (Å²) in [6, 6.07) is 3.29. The first-order valence-electron chi connectivity index (χ1n) is 10.1. The molecule has 180 valence electrons. The van der Waals surface area contributed by atoms with E-state index in [1.54, 1.807) is 6.92 Å². The fourth-order valence-corrected chi connectivity index (χ4v) is 2.83. The van der Waals surface area contributed by atoms with Gasteiger partial charge < -0.3 is 32.2 Å². The van der Waals surface area contributed by atoms with E-state index in [4.69, 9.17) is 16.2 Å². The van der Waals surface area contributed by atoms with Gasteiger partial charge in [-0.25, -0.2) is 0 Å². The van der Waals surface area contributed by atoms with E-state index in [0.29, 0.717) is 6.42 Å². The molecule has 0 aliphatic rings. The molecular weight excluding hydrogens is 443 g/mol. The zero-order chi connectivity index (χ0) is 24.6. The standard InChI is InChI=1S/C20H26F3N7O3/c1-3-33-18-15(24)16(29-19(25)30-18)28-14(8-5-9-26-11(2)31)17(32)27-13-7-4-6-12(10-13)20(21,22)23/h4,6-7,10,14H,3,5,8-9,24H2,1-2H3,(H,26,31)(H,27,32)(H3,25,28,29,30)/t14-/m0/s1. The Morgan fingerprint density at radius 2 is 1.94 bits per heavy atom. The quantitative estimate of drug-likeness (QED) is 0.332. The van der Waals surface area contributed by atoms with Crippen molar-refractivity contribution in [3.63, 3.8) is 0 Å². The third kappa shape index (κ3) is 7.70. The summed E-state index contributed by atoms with van der Waals surface area (Å²) >= 11 is 0. The van der Waals surface area contributed by atoms with Crippen LogP contribution in [-0.4, -0.2) is 41.0 Å². The summed E-state index contributed by atoms with van der Waals surface area (Å²) in [5.74, 6) is -0.948. The number of nitrogens with zero attached hydrogens (tertiary/aromatic N) is 2. The van der Waals surface area contributed by atoms with Gasteiger partial charge in [-0.15, -0.1) is 0 Å². The van der Waals surface area contributed by atoms with E-state index in [9.17, 15) is 22.8 Å². The van der Waals surface area contributed by atoms with E-state index >= 15 is 0 Å². The Hall–Kier alpha value is -3.77. The number of nitrogens with two attached hydrogens (primary N) is 2. The Morgan fingerprint density at radius 1 is 1.21 bits per heavy atom. The average molecular weight is 469 g/mol. The second kappa shape index (κ2) is 11.2. The fourth-order valence-electron chi connectivity index (χ4n) is 2.83. The molecule has 2 rings (SSSR count). The lowest BCUT2D eigenvalue weighted by molar-refractivity contribution is -0.137. The predicted molar refractivity (Wildman–Crippen MR) is 117 cm³/mol. The molecule has 0 fully saturated rings. The van der Waals surface area contributed by atoms with Crippen LogP contribution in [0.1, 0.15) is 32.3 Å². The molecule has 0 saturated heterocycles. The van der Waals surface area contributed by atoms with Gasteiger partial charge in [0.1, 0.15) is 11.7 Å². The number of carbonyl (C=O) groups excluding carboxylic acids is 2. The minimum atomic E-state index is -4.56. The lowest BCUT2D eigenvalue weighted by Gasteiger charge is -2.21. The van der Waals surface area contributed by atoms with Gasteiger partial charge in [-0.3, -0.25) is 9.59 Å². The molecule has 7 N–H and O–H groups in total. The maximum absolute atomic E-state index is 13.0. The van der Waals surface area contributed by atoms with Crippen molar-refractivity contribution in [1.82, 2.24) is 15.3 Å². The van der Waals surface area contributed by atoms with Crippen LogP contribution >= 0.6 is 0 Å². The van der Waals surface area contributed by atoms with Crippen LogP contribution in [0.5, 0.6) is 5.88 Å². The first-order valence-corrected chi connectivity index (χ1v) is 10.1. The van der Waals surface area contributed by atoms with Gasteiger partial charge in [-0.05, 0) is 38.0 Å². The smallest absolute Gasteiger partial charge is 0.416 e. The monoisotopic (exact) mass is 469 g/mol. The zero-order valence-corrected chi connectivity index (χ0v) is 18.1. The minimum absolute atomic E-state index is 0.0183. The number of benzene rings is 1. The van der Waals surface area contributed by atoms with E-state index in [2.05, 4.69) is 25.9 Å². The van der Waals surface area contributed by atoms with E-state index in [0.717, 1.165) is 12.1 Å². The molecule has 0 spiro atoms. The molecular formula is C20H26F3N7O3. The van der Waals surface area contributed by atoms with Crippen molar-refractivity contribution in [2.45, 2.75) is 38.9 Å². The molecule has 0 unspecified atom stereocenters. The van der Waals surface area contributed by atoms with E-state index in [1.165, 1.54) is 19.1 Å². The van der Waals surface area contributed by atoms with E-state index in [1.807, 2.05) is 0 Å². The number of anilines is 4. The Morgan fingerprint density at radius 3 is 2.58 bits per heavy atom. The summed E-state index contributed by atoms with van der Waals surface area (Å²) < 4.78 is 44.3. The highest BCUT2D eigenvalue weighted by Crippen LogP contribution is 2.31. The van der Waals surface area contributed by atoms with Crippen molar-refractivity contribution in [3.8, 4) is 5.88 Å². The van der Waals surface area contributed by atoms with Crippen molar-refractivity contribution in [3.05, 3.63) is 29.8 Å². The highest BCUT2D eigenvalue weighted by molar-refractivity contribution is 5.97. The second-order valence-electron chi connectivity index (χ2n) is 6.97. The van der Waals surface area contributed by atoms with Gasteiger partial charge in [0.2, 0.25) is 23.6 Å². The molecule has 1 aromatic heterocycles. The highest BCUT2D eigenvalue weighted by Gasteiger charge is 2.31. The second-order valence-corrected chi connectivity index (χ2v) is 6.97. The molecule has 1 aromatic carbocycles. The van der Waals surface area contributed by atoms with Gasteiger partial charge >= 0.3 is 6.18 Å². The molecule has 0 bridgehead atoms. The number of hydrogen-bond donors (Lipinski definition) is 5. The van der Waals surface area contributed by atoms with Crippen molar-refractivity contribution in [1.29, 1.82) is 0 Å². The Bertz CT molecular complexity index is 986. The third-order valence-electron chi connectivity index (χ3n) is 4.34. The van der Waals surface area contributed by atoms with Gasteiger partial charge in [0.15, 0.2) is 5.82 Å². The number of carbonyl (C=O) groups is 2. The molecule has 1 atom stereocenters. The summed E-state index contributed by atoms with van der Waals surface area (Å²) in [6.45, 7) is 3.63. The summed E-state index contributed by atoms with van der Waals surface area (Å²) in [5, 5.41) is 7.93. The number of ether oxygens (including phenoxy) is 1. The van der Waals surface area contributed by atoms with Gasteiger partial charge in [-0.1, -0.05) is 6.07 Å². The molecule has 2 aromatic rings. The number of hydrogen-bond acceptors (Lipinski definition) is 8. The largest absolute Gasteiger partial charge is 0.476 e. The van der Waals surface area contributed by atoms with Crippen LogP contribution in [0, 0.1) is 0 Å². The fraction of sp³-hybridized carbons (Fsp3) is 0.400. The molecule has 0 saturated carbocycles. The Balaban J connectivity index is 2.25. The van der Waals surface area contributed by atoms with Crippen LogP contribution in [0.25, 0.3) is 0 Å². The molecule has 13 heteroatoms. The number of nitrogens with one attached hydrogen (secondary N) is 3. The van der Waals surface area contributed by atoms with Crippen molar-refractivity contribution < 1.29 is 27.5 Å². The Kier molecular flexibility index (Phi) is 8.65. The van der Waals surface area contributed by atoms with Crippen molar-refractivity contribution in [2.24, 2.45) is 0 Å². The summed E-state index contributed by atoms with van der Waals surface area (Å²) in [4.78, 5) is 31.9. The highest BCUT2D eigenvalue weighted by atomic mass is 19.4. The molecule has 1 heterocycles. The molecule has 0 radical (unpaired) electrons. The van der Waals surface area contributed by atoms with Crippen LogP contribution in [0.3, 0.4) is 0 Å². The van der Waals surface area contributed by atoms with Gasteiger partial charge in [-0.2, -0.15) is 23.1 Å². The Labute approximate surface area is 188 Å². The lowest BCUT2D eigenvalue weighted by atomic mass is 10.1. The van der Waals surface area contributed by atoms with E-state index in [-0.39, 0.29) is 54.5 Å². The summed E-state index contributed by atoms with van der Waals surface area (Å²) in [7, 11) is 0. The topological polar surface area (TPSA) is 157 Å². The molecule has 0 aliphatic heterocycles. The first-order chi connectivity index (χ1) is 15.5. The number of amides is 2. The van der Waals surface area contributed by atoms with Crippen LogP contribution in [0.2, 0.25) is 0 Å². The summed E-state index contributed by atoms with van der Waals surface area (Å²) in [5.41, 5.74) is 10.8. The van der Waals surface area contributed by atoms with E-state index < -0.39 is 23.7 Å². The number of nitrogen functional groups attached to an aromatic ring is 2. The predicted octanol–water partition coefficient (Wildman–Crippen LogP) is 2.39. The summed E-state index contributed by atoms with van der Waals surface area (Å²) in [6.07, 6.45) is -3.98. The minimum Gasteiger partial charge on any atom is -0.476 e. The number of alkyl halides is 3. The zero-order valence-electron chi connectivity index (χ0n) is 18.1. The number of rotatable bonds is 10. The molecule has 33 heavy (non-hydrogen) atoms. The SMILES string of the molecule is CCOc1nc(N)nc(N[C@@H](CCCNC(C)=O)C(=O)Nc2cccc(C(F)(F)F)c2)c1N. The van der Waals surface area contributed by atoms with Gasteiger partial charge in [0, 0.05) is 19.2 Å². The van der Waals surface area contributed by atoms with Gasteiger partial charge in [0.05, 0.1) is 12.2 Å². The van der Waals surface area contributed by atoms with Crippen LogP contribution in [0.4, 0.5) is 36.3 Å². The first kappa shape index (κ1) is 25.5. The average Bonchev–Trinajstić information content (AvgIpc) is 2.73. The lowest BCUT2D eigenvalue weighted by Crippen LogP contribution is -2.36. The number of halogens is 3.